The summed E-state index contributed by atoms with van der Waals surface area (Å²) < 4.78 is 5.49. The molecule has 0 bridgehead atoms. The number of rotatable bonds is 5. The topological polar surface area (TPSA) is 80.1 Å². The van der Waals surface area contributed by atoms with Crippen molar-refractivity contribution in [2.45, 2.75) is 53.1 Å². The molecule has 0 N–H and O–H groups in total. The van der Waals surface area contributed by atoms with Gasteiger partial charge in [-0.1, -0.05) is 44.2 Å². The molecule has 1 aliphatic carbocycles. The second kappa shape index (κ2) is 10.1. The maximum atomic E-state index is 12.9. The molecule has 1 fully saturated rings. The van der Waals surface area contributed by atoms with Crippen LogP contribution in [0, 0.1) is 35.0 Å². The molecule has 0 unspecified atom stereocenters. The van der Waals surface area contributed by atoms with Crippen LogP contribution < -0.4 is 0 Å². The maximum Gasteiger partial charge on any atom is 0.307 e. The summed E-state index contributed by atoms with van der Waals surface area (Å²) >= 11 is 0. The summed E-state index contributed by atoms with van der Waals surface area (Å²) in [6, 6.07) is 13.5. The number of Topliss-reactive ketones (excluding diaryl/α,β-unsaturated/α-hetero) is 1. The standard InChI is InChI=1S/C28H32N2O3/c1-18-14-26(31)25(15-27(32)33-28(3,4)5)23(19(18)2)13-12-22-11-10-21(17-30-22)24-9-7-6-8-20(24)16-29/h6-13,17-19,23,25H,14-15H2,1-5H3/b13-12+/t18-,19+,23-,25+/m0/s1. The van der Waals surface area contributed by atoms with Crippen molar-refractivity contribution in [3.63, 3.8) is 0 Å². The van der Waals surface area contributed by atoms with E-state index in [2.05, 4.69) is 24.9 Å². The van der Waals surface area contributed by atoms with Gasteiger partial charge in [0.05, 0.1) is 23.7 Å². The molecule has 3 rings (SSSR count). The molecule has 5 nitrogen and oxygen atoms in total. The van der Waals surface area contributed by atoms with E-state index in [9.17, 15) is 14.9 Å². The van der Waals surface area contributed by atoms with Crippen LogP contribution in [-0.2, 0) is 14.3 Å². The zero-order valence-electron chi connectivity index (χ0n) is 20.0. The molecule has 5 heteroatoms. The summed E-state index contributed by atoms with van der Waals surface area (Å²) in [6.07, 6.45) is 6.29. The molecule has 0 spiro atoms. The molecule has 1 saturated carbocycles. The molecule has 1 aromatic carbocycles. The molecule has 0 amide bonds. The van der Waals surface area contributed by atoms with Gasteiger partial charge in [0.15, 0.2) is 0 Å². The van der Waals surface area contributed by atoms with Crippen molar-refractivity contribution >= 4 is 17.8 Å². The molecule has 33 heavy (non-hydrogen) atoms. The van der Waals surface area contributed by atoms with E-state index in [0.29, 0.717) is 12.0 Å². The minimum absolute atomic E-state index is 0.0606. The zero-order chi connectivity index (χ0) is 24.2. The number of allylic oxidation sites excluding steroid dienone is 1. The molecule has 4 atom stereocenters. The summed E-state index contributed by atoms with van der Waals surface area (Å²) in [7, 11) is 0. The Bertz CT molecular complexity index is 1070. The van der Waals surface area contributed by atoms with Crippen LogP contribution in [0.1, 0.15) is 58.7 Å². The van der Waals surface area contributed by atoms with Gasteiger partial charge >= 0.3 is 5.97 Å². The lowest BCUT2D eigenvalue weighted by Crippen LogP contribution is -2.39. The van der Waals surface area contributed by atoms with Crippen LogP contribution >= 0.6 is 0 Å². The Balaban J connectivity index is 1.80. The molecule has 0 aliphatic heterocycles. The van der Waals surface area contributed by atoms with Crippen LogP contribution in [0.3, 0.4) is 0 Å². The first kappa shape index (κ1) is 24.4. The summed E-state index contributed by atoms with van der Waals surface area (Å²) in [4.78, 5) is 29.9. The van der Waals surface area contributed by atoms with E-state index in [-0.39, 0.29) is 41.8 Å². The third-order valence-electron chi connectivity index (χ3n) is 6.35. The van der Waals surface area contributed by atoms with Gasteiger partial charge in [-0.05, 0) is 56.7 Å². The number of ketones is 1. The number of nitriles is 1. The first-order chi connectivity index (χ1) is 15.6. The Morgan fingerprint density at radius 1 is 1.21 bits per heavy atom. The minimum Gasteiger partial charge on any atom is -0.460 e. The number of nitrogens with zero attached hydrogens (tertiary/aromatic N) is 2. The number of hydrogen-bond donors (Lipinski definition) is 0. The molecule has 1 aliphatic rings. The average Bonchev–Trinajstić information content (AvgIpc) is 2.76. The molecule has 0 radical (unpaired) electrons. The fourth-order valence-corrected chi connectivity index (χ4v) is 4.44. The van der Waals surface area contributed by atoms with Gasteiger partial charge in [0.25, 0.3) is 0 Å². The Morgan fingerprint density at radius 3 is 2.58 bits per heavy atom. The number of benzene rings is 1. The Hall–Kier alpha value is -3.26. The van der Waals surface area contributed by atoms with Crippen LogP contribution in [0.2, 0.25) is 0 Å². The molecule has 2 aromatic rings. The van der Waals surface area contributed by atoms with Gasteiger partial charge in [-0.25, -0.2) is 0 Å². The van der Waals surface area contributed by atoms with Crippen LogP contribution in [0.5, 0.6) is 0 Å². The fourth-order valence-electron chi connectivity index (χ4n) is 4.44. The Kier molecular flexibility index (Phi) is 7.48. The van der Waals surface area contributed by atoms with Crippen molar-refractivity contribution < 1.29 is 14.3 Å². The molecular formula is C28H32N2O3. The smallest absolute Gasteiger partial charge is 0.307 e. The van der Waals surface area contributed by atoms with E-state index in [1.54, 1.807) is 12.3 Å². The minimum atomic E-state index is -0.575. The van der Waals surface area contributed by atoms with E-state index in [1.807, 2.05) is 63.3 Å². The SMILES string of the molecule is C[C@H]1[C@H](/C=C/c2ccc(-c3ccccc3C#N)cn2)[C@@H](CC(=O)OC(C)(C)C)C(=O)C[C@@H]1C. The number of carbonyl (C=O) groups is 2. The van der Waals surface area contributed by atoms with Gasteiger partial charge < -0.3 is 4.74 Å². The highest BCUT2D eigenvalue weighted by molar-refractivity contribution is 5.87. The molecule has 172 valence electrons. The second-order valence-electron chi connectivity index (χ2n) is 9.97. The highest BCUT2D eigenvalue weighted by atomic mass is 16.6. The third-order valence-corrected chi connectivity index (χ3v) is 6.35. The van der Waals surface area contributed by atoms with Crippen LogP contribution in [0.15, 0.2) is 48.7 Å². The van der Waals surface area contributed by atoms with Crippen molar-refractivity contribution in [3.8, 4) is 17.2 Å². The predicted molar refractivity (Wildman–Crippen MR) is 129 cm³/mol. The van der Waals surface area contributed by atoms with Crippen LogP contribution in [0.25, 0.3) is 17.2 Å². The molecule has 1 aromatic heterocycles. The van der Waals surface area contributed by atoms with Crippen LogP contribution in [0.4, 0.5) is 0 Å². The zero-order valence-corrected chi connectivity index (χ0v) is 20.0. The summed E-state index contributed by atoms with van der Waals surface area (Å²) in [5.74, 6) is -0.149. The lowest BCUT2D eigenvalue weighted by molar-refractivity contribution is -0.158. The van der Waals surface area contributed by atoms with Gasteiger partial charge in [0.1, 0.15) is 11.4 Å². The maximum absolute atomic E-state index is 12.9. The van der Waals surface area contributed by atoms with E-state index < -0.39 is 5.60 Å². The highest BCUT2D eigenvalue weighted by Gasteiger charge is 2.40. The lowest BCUT2D eigenvalue weighted by Gasteiger charge is -2.37. The Labute approximate surface area is 196 Å². The van der Waals surface area contributed by atoms with E-state index in [0.717, 1.165) is 16.8 Å². The highest BCUT2D eigenvalue weighted by Crippen LogP contribution is 2.39. The van der Waals surface area contributed by atoms with Crippen LogP contribution in [-0.4, -0.2) is 22.3 Å². The van der Waals surface area contributed by atoms with Crippen molar-refractivity contribution in [2.75, 3.05) is 0 Å². The molecule has 1 heterocycles. The van der Waals surface area contributed by atoms with Gasteiger partial charge in [0, 0.05) is 29.7 Å². The summed E-state index contributed by atoms with van der Waals surface area (Å²) in [5, 5.41) is 9.34. The first-order valence-electron chi connectivity index (χ1n) is 11.5. The Morgan fingerprint density at radius 2 is 1.94 bits per heavy atom. The summed E-state index contributed by atoms with van der Waals surface area (Å²) in [6.45, 7) is 9.73. The van der Waals surface area contributed by atoms with E-state index >= 15 is 0 Å². The average molecular weight is 445 g/mol. The number of ether oxygens (including phenoxy) is 1. The van der Waals surface area contributed by atoms with Gasteiger partial charge in [0.2, 0.25) is 0 Å². The number of esters is 1. The van der Waals surface area contributed by atoms with Gasteiger partial charge in [-0.2, -0.15) is 5.26 Å². The first-order valence-corrected chi connectivity index (χ1v) is 11.5. The van der Waals surface area contributed by atoms with Crippen molar-refractivity contribution in [3.05, 3.63) is 59.9 Å². The van der Waals surface area contributed by atoms with E-state index in [1.165, 1.54) is 0 Å². The normalized spacial score (nSPS) is 23.3. The number of aromatic nitrogens is 1. The largest absolute Gasteiger partial charge is 0.460 e. The molecular weight excluding hydrogens is 412 g/mol. The van der Waals surface area contributed by atoms with E-state index in [4.69, 9.17) is 4.74 Å². The van der Waals surface area contributed by atoms with Gasteiger partial charge in [-0.15, -0.1) is 0 Å². The third kappa shape index (κ3) is 6.16. The number of hydrogen-bond acceptors (Lipinski definition) is 5. The molecule has 0 saturated heterocycles. The van der Waals surface area contributed by atoms with Crippen molar-refractivity contribution in [2.24, 2.45) is 23.7 Å². The second-order valence-corrected chi connectivity index (χ2v) is 9.97. The fraction of sp³-hybridized carbons (Fsp3) is 0.429. The van der Waals surface area contributed by atoms with Crippen molar-refractivity contribution in [1.82, 2.24) is 4.98 Å². The number of carbonyl (C=O) groups excluding carboxylic acids is 2. The number of pyridine rings is 1. The van der Waals surface area contributed by atoms with Crippen molar-refractivity contribution in [1.29, 1.82) is 5.26 Å². The monoisotopic (exact) mass is 444 g/mol. The summed E-state index contributed by atoms with van der Waals surface area (Å²) in [5.41, 5.74) is 2.52. The lowest BCUT2D eigenvalue weighted by atomic mass is 9.66. The van der Waals surface area contributed by atoms with Gasteiger partial charge in [-0.3, -0.25) is 14.6 Å². The quantitative estimate of drug-likeness (QED) is 0.541. The predicted octanol–water partition coefficient (Wildman–Crippen LogP) is 5.84.